The fourth-order valence-corrected chi connectivity index (χ4v) is 2.78. The van der Waals surface area contributed by atoms with Gasteiger partial charge in [0, 0.05) is 22.2 Å². The first-order valence-electron chi connectivity index (χ1n) is 6.08. The molecule has 1 aromatic rings. The number of alkyl halides is 4. The van der Waals surface area contributed by atoms with Crippen molar-refractivity contribution in [3.05, 3.63) is 32.9 Å². The van der Waals surface area contributed by atoms with E-state index < -0.39 is 23.8 Å². The van der Waals surface area contributed by atoms with E-state index in [1.54, 1.807) is 22.6 Å². The zero-order chi connectivity index (χ0) is 14.9. The number of carbonyl (C=O) groups excluding carboxylic acids is 1. The number of rotatable bonds is 1. The lowest BCUT2D eigenvalue weighted by molar-refractivity contribution is -0.137. The van der Waals surface area contributed by atoms with Gasteiger partial charge in [0.15, 0.2) is 0 Å². The molecule has 1 aliphatic rings. The maximum absolute atomic E-state index is 13.0. The smallest absolute Gasteiger partial charge is 0.338 e. The molecule has 0 atom stereocenters. The van der Waals surface area contributed by atoms with Crippen LogP contribution in [0.1, 0.15) is 28.8 Å². The first-order valence-corrected chi connectivity index (χ1v) is 7.16. The Morgan fingerprint density at radius 3 is 2.35 bits per heavy atom. The van der Waals surface area contributed by atoms with Crippen LogP contribution in [0.15, 0.2) is 18.2 Å². The van der Waals surface area contributed by atoms with Crippen molar-refractivity contribution in [3.8, 4) is 0 Å². The number of hydrogen-bond acceptors (Lipinski definition) is 1. The molecule has 7 heteroatoms. The highest BCUT2D eigenvalue weighted by atomic mass is 127. The fraction of sp³-hybridized carbons (Fsp3) is 0.462. The second-order valence-corrected chi connectivity index (χ2v) is 5.94. The highest BCUT2D eigenvalue weighted by Crippen LogP contribution is 2.31. The lowest BCUT2D eigenvalue weighted by atomic mass is 10.1. The number of halogens is 5. The molecule has 0 saturated carbocycles. The van der Waals surface area contributed by atoms with Gasteiger partial charge in [-0.05, 0) is 53.6 Å². The van der Waals surface area contributed by atoms with Gasteiger partial charge in [-0.15, -0.1) is 0 Å². The minimum atomic E-state index is -4.48. The molecule has 2 nitrogen and oxygen atoms in total. The van der Waals surface area contributed by atoms with Crippen LogP contribution in [0.4, 0.5) is 17.6 Å². The topological polar surface area (TPSA) is 20.3 Å². The third kappa shape index (κ3) is 3.62. The Kier molecular flexibility index (Phi) is 4.55. The van der Waals surface area contributed by atoms with Gasteiger partial charge in [-0.3, -0.25) is 4.79 Å². The summed E-state index contributed by atoms with van der Waals surface area (Å²) in [6.07, 6.45) is -4.94. The van der Waals surface area contributed by atoms with E-state index in [0.29, 0.717) is 3.57 Å². The second kappa shape index (κ2) is 5.87. The molecule has 1 saturated heterocycles. The van der Waals surface area contributed by atoms with Crippen molar-refractivity contribution in [3.63, 3.8) is 0 Å². The molecule has 110 valence electrons. The van der Waals surface area contributed by atoms with Crippen LogP contribution in [0.25, 0.3) is 0 Å². The van der Waals surface area contributed by atoms with Crippen molar-refractivity contribution in [1.29, 1.82) is 0 Å². The standard InChI is InChI=1S/C13H12F4INO/c14-10-1-3-19(4-2-10)12(20)8-5-9(13(15,16)17)7-11(18)6-8/h5-7,10H,1-4H2. The summed E-state index contributed by atoms with van der Waals surface area (Å²) >= 11 is 1.75. The molecule has 20 heavy (non-hydrogen) atoms. The Hall–Kier alpha value is -0.860. The molecule has 0 spiro atoms. The van der Waals surface area contributed by atoms with Crippen LogP contribution >= 0.6 is 22.6 Å². The minimum Gasteiger partial charge on any atom is -0.338 e. The Bertz CT molecular complexity index is 510. The Labute approximate surface area is 127 Å². The van der Waals surface area contributed by atoms with Gasteiger partial charge in [0.05, 0.1) is 5.56 Å². The average molecular weight is 401 g/mol. The zero-order valence-electron chi connectivity index (χ0n) is 10.4. The largest absolute Gasteiger partial charge is 0.416 e. The Balaban J connectivity index is 2.24. The van der Waals surface area contributed by atoms with E-state index in [1.165, 1.54) is 11.0 Å². The summed E-state index contributed by atoms with van der Waals surface area (Å²) in [6, 6.07) is 3.26. The summed E-state index contributed by atoms with van der Waals surface area (Å²) in [6.45, 7) is 0.486. The third-order valence-corrected chi connectivity index (χ3v) is 3.81. The third-order valence-electron chi connectivity index (χ3n) is 3.18. The van der Waals surface area contributed by atoms with E-state index in [2.05, 4.69) is 0 Å². The van der Waals surface area contributed by atoms with Crippen molar-refractivity contribution >= 4 is 28.5 Å². The summed E-state index contributed by atoms with van der Waals surface area (Å²) < 4.78 is 51.5. The molecule has 1 amide bonds. The molecule has 0 N–H and O–H groups in total. The summed E-state index contributed by atoms with van der Waals surface area (Å²) in [5, 5.41) is 0. The molecule has 1 fully saturated rings. The first-order chi connectivity index (χ1) is 9.27. The quantitative estimate of drug-likeness (QED) is 0.517. The first kappa shape index (κ1) is 15.5. The molecular formula is C13H12F4INO. The number of hydrogen-bond donors (Lipinski definition) is 0. The molecule has 1 heterocycles. The van der Waals surface area contributed by atoms with Gasteiger partial charge in [0.2, 0.25) is 0 Å². The van der Waals surface area contributed by atoms with E-state index in [9.17, 15) is 22.4 Å². The monoisotopic (exact) mass is 401 g/mol. The number of nitrogens with zero attached hydrogens (tertiary/aromatic N) is 1. The average Bonchev–Trinajstić information content (AvgIpc) is 2.37. The highest BCUT2D eigenvalue weighted by Gasteiger charge is 2.32. The van der Waals surface area contributed by atoms with Crippen LogP contribution < -0.4 is 0 Å². The van der Waals surface area contributed by atoms with Crippen LogP contribution in [-0.4, -0.2) is 30.1 Å². The molecule has 0 aliphatic carbocycles. The number of carbonyl (C=O) groups is 1. The predicted octanol–water partition coefficient (Wildman–Crippen LogP) is 3.88. The molecule has 2 rings (SSSR count). The number of amides is 1. The molecular weight excluding hydrogens is 389 g/mol. The maximum atomic E-state index is 13.0. The van der Waals surface area contributed by atoms with Gasteiger partial charge >= 0.3 is 6.18 Å². The van der Waals surface area contributed by atoms with Gasteiger partial charge in [-0.1, -0.05) is 0 Å². The number of benzene rings is 1. The normalized spacial score (nSPS) is 17.4. The highest BCUT2D eigenvalue weighted by molar-refractivity contribution is 14.1. The Morgan fingerprint density at radius 2 is 1.80 bits per heavy atom. The van der Waals surface area contributed by atoms with Gasteiger partial charge in [-0.2, -0.15) is 13.2 Å². The minimum absolute atomic E-state index is 0.00142. The SMILES string of the molecule is O=C(c1cc(I)cc(C(F)(F)F)c1)N1CCC(F)CC1. The predicted molar refractivity (Wildman–Crippen MR) is 74.2 cm³/mol. The molecule has 0 aromatic heterocycles. The van der Waals surface area contributed by atoms with Crippen LogP contribution in [0.5, 0.6) is 0 Å². The summed E-state index contributed by atoms with van der Waals surface area (Å²) in [5.74, 6) is -0.471. The molecule has 1 aromatic carbocycles. The molecule has 1 aliphatic heterocycles. The van der Waals surface area contributed by atoms with Crippen molar-refractivity contribution in [2.24, 2.45) is 0 Å². The summed E-state index contributed by atoms with van der Waals surface area (Å²) in [4.78, 5) is 13.6. The number of likely N-dealkylation sites (tertiary alicyclic amines) is 1. The van der Waals surface area contributed by atoms with Gasteiger partial charge in [0.1, 0.15) is 6.17 Å². The lowest BCUT2D eigenvalue weighted by Crippen LogP contribution is -2.39. The van der Waals surface area contributed by atoms with Crippen molar-refractivity contribution in [2.45, 2.75) is 25.2 Å². The van der Waals surface area contributed by atoms with Crippen molar-refractivity contribution < 1.29 is 22.4 Å². The van der Waals surface area contributed by atoms with Gasteiger partial charge in [-0.25, -0.2) is 4.39 Å². The number of piperidine rings is 1. The lowest BCUT2D eigenvalue weighted by Gasteiger charge is -2.29. The van der Waals surface area contributed by atoms with Crippen molar-refractivity contribution in [2.75, 3.05) is 13.1 Å². The maximum Gasteiger partial charge on any atom is 0.416 e. The second-order valence-electron chi connectivity index (χ2n) is 4.69. The van der Waals surface area contributed by atoms with E-state index in [-0.39, 0.29) is 31.5 Å². The van der Waals surface area contributed by atoms with Gasteiger partial charge in [0.25, 0.3) is 5.91 Å². The van der Waals surface area contributed by atoms with E-state index in [0.717, 1.165) is 12.1 Å². The summed E-state index contributed by atoms with van der Waals surface area (Å²) in [7, 11) is 0. The van der Waals surface area contributed by atoms with Crippen LogP contribution in [0.3, 0.4) is 0 Å². The van der Waals surface area contributed by atoms with E-state index >= 15 is 0 Å². The van der Waals surface area contributed by atoms with E-state index in [1.807, 2.05) is 0 Å². The zero-order valence-corrected chi connectivity index (χ0v) is 12.5. The Morgan fingerprint density at radius 1 is 1.20 bits per heavy atom. The molecule has 0 unspecified atom stereocenters. The fourth-order valence-electron chi connectivity index (χ4n) is 2.11. The van der Waals surface area contributed by atoms with Gasteiger partial charge < -0.3 is 4.90 Å². The summed E-state index contributed by atoms with van der Waals surface area (Å²) in [5.41, 5.74) is -0.838. The molecule has 0 radical (unpaired) electrons. The molecule has 0 bridgehead atoms. The van der Waals surface area contributed by atoms with Crippen LogP contribution in [0, 0.1) is 3.57 Å². The van der Waals surface area contributed by atoms with E-state index in [4.69, 9.17) is 0 Å². The van der Waals surface area contributed by atoms with Crippen molar-refractivity contribution in [1.82, 2.24) is 4.90 Å². The van der Waals surface area contributed by atoms with Crippen LogP contribution in [-0.2, 0) is 6.18 Å². The van der Waals surface area contributed by atoms with Crippen LogP contribution in [0.2, 0.25) is 0 Å².